The molecule has 6 nitrogen and oxygen atoms in total. The Labute approximate surface area is 154 Å². The lowest BCUT2D eigenvalue weighted by molar-refractivity contribution is 0.0998. The van der Waals surface area contributed by atoms with Crippen LogP contribution in [0, 0.1) is 19.7 Å². The number of carbonyl (C=O) groups is 1. The van der Waals surface area contributed by atoms with E-state index in [0.717, 1.165) is 5.56 Å². The summed E-state index contributed by atoms with van der Waals surface area (Å²) in [6.07, 6.45) is 0.517. The lowest BCUT2D eigenvalue weighted by Gasteiger charge is -2.05. The van der Waals surface area contributed by atoms with Crippen LogP contribution in [0.2, 0.25) is 0 Å². The molecule has 7 heteroatoms. The van der Waals surface area contributed by atoms with Crippen LogP contribution in [-0.2, 0) is 6.42 Å². The number of carbonyl (C=O) groups excluding carboxylic acids is 1. The van der Waals surface area contributed by atoms with Crippen molar-refractivity contribution < 1.29 is 18.0 Å². The quantitative estimate of drug-likeness (QED) is 0.579. The van der Waals surface area contributed by atoms with Crippen molar-refractivity contribution >= 4 is 22.6 Å². The summed E-state index contributed by atoms with van der Waals surface area (Å²) in [5.41, 5.74) is 2.68. The summed E-state index contributed by atoms with van der Waals surface area (Å²) in [6, 6.07) is 11.5. The molecular weight excluding hydrogens is 349 g/mol. The van der Waals surface area contributed by atoms with E-state index in [1.165, 1.54) is 18.2 Å². The molecule has 0 saturated heterocycles. The van der Waals surface area contributed by atoms with Gasteiger partial charge in [-0.1, -0.05) is 12.1 Å². The Kier molecular flexibility index (Phi) is 4.19. The van der Waals surface area contributed by atoms with E-state index in [1.54, 1.807) is 26.0 Å². The number of nitrogens with zero attached hydrogens (tertiary/aromatic N) is 2. The lowest BCUT2D eigenvalue weighted by Crippen LogP contribution is -2.12. The van der Waals surface area contributed by atoms with Crippen molar-refractivity contribution in [3.63, 3.8) is 0 Å². The zero-order valence-electron chi connectivity index (χ0n) is 14.7. The van der Waals surface area contributed by atoms with E-state index in [2.05, 4.69) is 15.5 Å². The maximum atomic E-state index is 13.4. The molecular formula is C20H16FN3O3. The predicted molar refractivity (Wildman–Crippen MR) is 97.1 cm³/mol. The number of furan rings is 1. The van der Waals surface area contributed by atoms with Gasteiger partial charge in [-0.2, -0.15) is 0 Å². The minimum absolute atomic E-state index is 0.168. The summed E-state index contributed by atoms with van der Waals surface area (Å²) in [7, 11) is 0. The molecule has 0 aliphatic heterocycles. The summed E-state index contributed by atoms with van der Waals surface area (Å²) >= 11 is 0. The average molecular weight is 365 g/mol. The first-order valence-corrected chi connectivity index (χ1v) is 8.37. The van der Waals surface area contributed by atoms with Gasteiger partial charge in [0.05, 0.1) is 6.42 Å². The van der Waals surface area contributed by atoms with Gasteiger partial charge in [-0.05, 0) is 42.8 Å². The van der Waals surface area contributed by atoms with Crippen LogP contribution in [0.3, 0.4) is 0 Å². The number of amides is 1. The molecule has 0 aliphatic carbocycles. The topological polar surface area (TPSA) is 81.2 Å². The molecule has 0 spiro atoms. The van der Waals surface area contributed by atoms with Crippen LogP contribution in [0.25, 0.3) is 11.0 Å². The normalized spacial score (nSPS) is 11.1. The van der Waals surface area contributed by atoms with Crippen molar-refractivity contribution in [2.45, 2.75) is 20.3 Å². The summed E-state index contributed by atoms with van der Waals surface area (Å²) in [4.78, 5) is 12.5. The zero-order valence-corrected chi connectivity index (χ0v) is 14.7. The molecule has 1 amide bonds. The maximum Gasteiger partial charge on any atom is 0.291 e. The van der Waals surface area contributed by atoms with Crippen LogP contribution < -0.4 is 5.32 Å². The van der Waals surface area contributed by atoms with E-state index in [0.29, 0.717) is 40.4 Å². The molecule has 4 rings (SSSR count). The van der Waals surface area contributed by atoms with Crippen LogP contribution in [-0.4, -0.2) is 16.1 Å². The minimum Gasteiger partial charge on any atom is -0.451 e. The molecule has 0 saturated carbocycles. The zero-order chi connectivity index (χ0) is 19.0. The second-order valence-corrected chi connectivity index (χ2v) is 6.24. The summed E-state index contributed by atoms with van der Waals surface area (Å²) in [6.45, 7) is 3.47. The molecule has 2 aromatic heterocycles. The number of nitrogens with one attached hydrogen (secondary N) is 1. The van der Waals surface area contributed by atoms with Crippen molar-refractivity contribution in [1.29, 1.82) is 0 Å². The highest BCUT2D eigenvalue weighted by atomic mass is 19.1. The third kappa shape index (κ3) is 3.44. The largest absolute Gasteiger partial charge is 0.451 e. The molecule has 0 bridgehead atoms. The number of aryl methyl sites for hydroxylation is 2. The highest BCUT2D eigenvalue weighted by Crippen LogP contribution is 2.26. The van der Waals surface area contributed by atoms with Crippen molar-refractivity contribution in [3.8, 4) is 0 Å². The number of fused-ring (bicyclic) bond motifs is 1. The first-order valence-electron chi connectivity index (χ1n) is 8.37. The third-order valence-corrected chi connectivity index (χ3v) is 4.24. The van der Waals surface area contributed by atoms with Crippen LogP contribution in [0.1, 0.15) is 33.5 Å². The first kappa shape index (κ1) is 17.0. The van der Waals surface area contributed by atoms with E-state index in [1.807, 2.05) is 12.1 Å². The number of anilines is 1. The number of hydrogen-bond acceptors (Lipinski definition) is 5. The van der Waals surface area contributed by atoms with Gasteiger partial charge in [0.1, 0.15) is 11.4 Å². The van der Waals surface area contributed by atoms with Crippen molar-refractivity contribution in [2.24, 2.45) is 0 Å². The van der Waals surface area contributed by atoms with Crippen molar-refractivity contribution in [2.75, 3.05) is 5.32 Å². The second-order valence-electron chi connectivity index (χ2n) is 6.24. The molecule has 0 unspecified atom stereocenters. The van der Waals surface area contributed by atoms with E-state index in [-0.39, 0.29) is 17.5 Å². The van der Waals surface area contributed by atoms with Crippen molar-refractivity contribution in [1.82, 2.24) is 10.2 Å². The molecule has 0 radical (unpaired) electrons. The Morgan fingerprint density at radius 3 is 2.56 bits per heavy atom. The van der Waals surface area contributed by atoms with Crippen LogP contribution in [0.4, 0.5) is 10.1 Å². The minimum atomic E-state index is -0.385. The van der Waals surface area contributed by atoms with E-state index < -0.39 is 0 Å². The Hall–Kier alpha value is -3.48. The van der Waals surface area contributed by atoms with Crippen LogP contribution in [0.15, 0.2) is 51.3 Å². The van der Waals surface area contributed by atoms with Gasteiger partial charge in [0.2, 0.25) is 11.8 Å². The number of halogens is 1. The highest BCUT2D eigenvalue weighted by molar-refractivity contribution is 6.06. The molecule has 2 heterocycles. The highest BCUT2D eigenvalue weighted by Gasteiger charge is 2.18. The second kappa shape index (κ2) is 6.68. The fraction of sp³-hybridized carbons (Fsp3) is 0.150. The first-order chi connectivity index (χ1) is 13.0. The van der Waals surface area contributed by atoms with Crippen LogP contribution in [0.5, 0.6) is 0 Å². The number of benzene rings is 2. The summed E-state index contributed by atoms with van der Waals surface area (Å²) in [5.74, 6) is 0.472. The lowest BCUT2D eigenvalue weighted by atomic mass is 10.1. The van der Waals surface area contributed by atoms with E-state index in [9.17, 15) is 9.18 Å². The SMILES string of the molecule is Cc1nnc(Cc2ccc(NC(=O)c3oc4ccc(F)cc4c3C)cc2)o1. The Balaban J connectivity index is 1.50. The number of hydrogen-bond donors (Lipinski definition) is 1. The molecule has 0 aliphatic rings. The van der Waals surface area contributed by atoms with Gasteiger partial charge in [-0.25, -0.2) is 4.39 Å². The van der Waals surface area contributed by atoms with Gasteiger partial charge < -0.3 is 14.2 Å². The molecule has 2 aromatic carbocycles. The van der Waals surface area contributed by atoms with Crippen molar-refractivity contribution in [3.05, 3.63) is 77.0 Å². The fourth-order valence-corrected chi connectivity index (χ4v) is 2.89. The van der Waals surface area contributed by atoms with Crippen LogP contribution >= 0.6 is 0 Å². The van der Waals surface area contributed by atoms with E-state index in [4.69, 9.17) is 8.83 Å². The summed E-state index contributed by atoms with van der Waals surface area (Å²) in [5, 5.41) is 11.1. The average Bonchev–Trinajstić information content (AvgIpc) is 3.20. The standard InChI is InChI=1S/C20H16FN3O3/c1-11-16-10-14(21)5-8-17(16)27-19(11)20(25)22-15-6-3-13(4-7-15)9-18-24-23-12(2)26-18/h3-8,10H,9H2,1-2H3,(H,22,25). The fourth-order valence-electron chi connectivity index (χ4n) is 2.89. The Morgan fingerprint density at radius 2 is 1.85 bits per heavy atom. The van der Waals surface area contributed by atoms with Gasteiger partial charge in [0.15, 0.2) is 5.76 Å². The molecule has 27 heavy (non-hydrogen) atoms. The Morgan fingerprint density at radius 1 is 1.07 bits per heavy atom. The number of aromatic nitrogens is 2. The smallest absolute Gasteiger partial charge is 0.291 e. The molecule has 4 aromatic rings. The van der Waals surface area contributed by atoms with Gasteiger partial charge in [-0.3, -0.25) is 4.79 Å². The number of rotatable bonds is 4. The van der Waals surface area contributed by atoms with Gasteiger partial charge in [0.25, 0.3) is 5.91 Å². The molecule has 0 atom stereocenters. The van der Waals surface area contributed by atoms with Gasteiger partial charge >= 0.3 is 0 Å². The van der Waals surface area contributed by atoms with Gasteiger partial charge in [0, 0.05) is 23.6 Å². The third-order valence-electron chi connectivity index (χ3n) is 4.24. The maximum absolute atomic E-state index is 13.4. The monoisotopic (exact) mass is 365 g/mol. The molecule has 136 valence electrons. The predicted octanol–water partition coefficient (Wildman–Crippen LogP) is 4.41. The summed E-state index contributed by atoms with van der Waals surface area (Å²) < 4.78 is 24.4. The Bertz CT molecular complexity index is 1130. The van der Waals surface area contributed by atoms with Gasteiger partial charge in [-0.15, -0.1) is 10.2 Å². The van der Waals surface area contributed by atoms with E-state index >= 15 is 0 Å². The molecule has 1 N–H and O–H groups in total. The molecule has 0 fully saturated rings.